The molecule has 24 heavy (non-hydrogen) atoms. The van der Waals surface area contributed by atoms with Crippen LogP contribution in [-0.4, -0.2) is 35.7 Å². The zero-order valence-corrected chi connectivity index (χ0v) is 15.4. The zero-order chi connectivity index (χ0) is 16.8. The maximum absolute atomic E-state index is 11.9. The molecule has 2 aromatic rings. The zero-order valence-electron chi connectivity index (χ0n) is 13.0. The van der Waals surface area contributed by atoms with E-state index in [1.54, 1.807) is 24.3 Å². The summed E-state index contributed by atoms with van der Waals surface area (Å²) < 4.78 is 5.51. The van der Waals surface area contributed by atoms with Crippen LogP contribution in [-0.2, 0) is 0 Å². The maximum Gasteiger partial charge on any atom is 0.271 e. The fourth-order valence-electron chi connectivity index (χ4n) is 1.61. The van der Waals surface area contributed by atoms with Crippen LogP contribution in [0.25, 0.3) is 0 Å². The Labute approximate surface area is 156 Å². The highest BCUT2D eigenvalue weighted by atomic mass is 35.5. The highest BCUT2D eigenvalue weighted by molar-refractivity contribution is 6.42. The number of hydrogen-bond donors (Lipinski definition) is 2. The maximum atomic E-state index is 11.9. The lowest BCUT2D eigenvalue weighted by Gasteiger charge is -2.11. The Morgan fingerprint density at radius 2 is 2.00 bits per heavy atom. The Hall–Kier alpha value is -1.60. The van der Waals surface area contributed by atoms with Crippen LogP contribution >= 0.6 is 35.6 Å². The Morgan fingerprint density at radius 1 is 1.25 bits per heavy atom. The average Bonchev–Trinajstić information content (AvgIpc) is 2.57. The minimum atomic E-state index is -0.299. The van der Waals surface area contributed by atoms with Crippen LogP contribution in [0.5, 0.6) is 11.6 Å². The number of halogens is 3. The lowest BCUT2D eigenvalue weighted by molar-refractivity contribution is 0.0944. The van der Waals surface area contributed by atoms with Gasteiger partial charge in [0.2, 0.25) is 5.88 Å². The molecule has 0 spiro atoms. The van der Waals surface area contributed by atoms with Gasteiger partial charge in [0.1, 0.15) is 10.8 Å². The Balaban J connectivity index is 0.00000288. The van der Waals surface area contributed by atoms with Gasteiger partial charge < -0.3 is 15.4 Å². The average molecular weight is 392 g/mol. The molecule has 2 rings (SSSR count). The van der Waals surface area contributed by atoms with Gasteiger partial charge in [0.15, 0.2) is 5.69 Å². The van der Waals surface area contributed by atoms with E-state index in [1.807, 2.05) is 14.0 Å². The van der Waals surface area contributed by atoms with Crippen molar-refractivity contribution in [2.24, 2.45) is 0 Å². The SMILES string of the molecule is CNC(C)CNC(=O)c1ccc(Oc2cccc(Cl)c2Cl)nn1.Cl. The summed E-state index contributed by atoms with van der Waals surface area (Å²) >= 11 is 11.9. The second-order valence-electron chi connectivity index (χ2n) is 4.81. The molecule has 1 aromatic carbocycles. The monoisotopic (exact) mass is 390 g/mol. The normalized spacial score (nSPS) is 11.3. The molecule has 1 heterocycles. The van der Waals surface area contributed by atoms with E-state index in [0.717, 1.165) is 0 Å². The number of rotatable bonds is 6. The van der Waals surface area contributed by atoms with E-state index in [1.165, 1.54) is 6.07 Å². The van der Waals surface area contributed by atoms with Crippen LogP contribution in [0, 0.1) is 0 Å². The summed E-state index contributed by atoms with van der Waals surface area (Å²) in [6, 6.07) is 8.26. The molecule has 1 atom stereocenters. The van der Waals surface area contributed by atoms with Crippen LogP contribution in [0.15, 0.2) is 30.3 Å². The predicted molar refractivity (Wildman–Crippen MR) is 96.7 cm³/mol. The predicted octanol–water partition coefficient (Wildman–Crippen LogP) is 3.34. The quantitative estimate of drug-likeness (QED) is 0.790. The number of aromatic nitrogens is 2. The van der Waals surface area contributed by atoms with Crippen molar-refractivity contribution in [3.8, 4) is 11.6 Å². The van der Waals surface area contributed by atoms with Crippen molar-refractivity contribution < 1.29 is 9.53 Å². The smallest absolute Gasteiger partial charge is 0.271 e. The fraction of sp³-hybridized carbons (Fsp3) is 0.267. The van der Waals surface area contributed by atoms with Gasteiger partial charge in [-0.25, -0.2) is 0 Å². The molecule has 1 amide bonds. The van der Waals surface area contributed by atoms with Crippen LogP contribution in [0.3, 0.4) is 0 Å². The topological polar surface area (TPSA) is 76.1 Å². The highest BCUT2D eigenvalue weighted by Crippen LogP contribution is 2.33. The first kappa shape index (κ1) is 20.4. The van der Waals surface area contributed by atoms with Gasteiger partial charge in [-0.15, -0.1) is 22.6 Å². The first-order valence-electron chi connectivity index (χ1n) is 6.92. The molecule has 0 saturated carbocycles. The number of hydrogen-bond acceptors (Lipinski definition) is 5. The summed E-state index contributed by atoms with van der Waals surface area (Å²) in [7, 11) is 1.82. The van der Waals surface area contributed by atoms with E-state index < -0.39 is 0 Å². The summed E-state index contributed by atoms with van der Waals surface area (Å²) in [5.74, 6) is 0.287. The molecule has 0 fully saturated rings. The summed E-state index contributed by atoms with van der Waals surface area (Å²) in [6.07, 6.45) is 0. The third-order valence-corrected chi connectivity index (χ3v) is 3.87. The minimum Gasteiger partial charge on any atom is -0.436 e. The second kappa shape index (κ2) is 9.64. The molecule has 0 aliphatic carbocycles. The molecule has 130 valence electrons. The third-order valence-electron chi connectivity index (χ3n) is 3.07. The molecular weight excluding hydrogens is 375 g/mol. The van der Waals surface area contributed by atoms with E-state index in [-0.39, 0.29) is 35.9 Å². The molecular formula is C15H17Cl3N4O2. The number of amides is 1. The summed E-state index contributed by atoms with van der Waals surface area (Å²) in [5.41, 5.74) is 0.206. The van der Waals surface area contributed by atoms with Gasteiger partial charge in [-0.2, -0.15) is 0 Å². The number of nitrogens with zero attached hydrogens (tertiary/aromatic N) is 2. The van der Waals surface area contributed by atoms with Gasteiger partial charge >= 0.3 is 0 Å². The Kier molecular flexibility index (Phi) is 8.21. The van der Waals surface area contributed by atoms with Crippen LogP contribution in [0.1, 0.15) is 17.4 Å². The number of carbonyl (C=O) groups excluding carboxylic acids is 1. The summed E-state index contributed by atoms with van der Waals surface area (Å²) in [6.45, 7) is 2.45. The molecule has 0 radical (unpaired) electrons. The van der Waals surface area contributed by atoms with Gasteiger partial charge in [-0.3, -0.25) is 4.79 Å². The molecule has 9 heteroatoms. The first-order chi connectivity index (χ1) is 11.0. The number of likely N-dealkylation sites (N-methyl/N-ethyl adjacent to an activating group) is 1. The van der Waals surface area contributed by atoms with Crippen molar-refractivity contribution in [3.63, 3.8) is 0 Å². The van der Waals surface area contributed by atoms with Gasteiger partial charge in [0.05, 0.1) is 5.02 Å². The second-order valence-corrected chi connectivity index (χ2v) is 5.60. The Morgan fingerprint density at radius 3 is 2.62 bits per heavy atom. The van der Waals surface area contributed by atoms with Crippen LogP contribution in [0.2, 0.25) is 10.0 Å². The van der Waals surface area contributed by atoms with Crippen molar-refractivity contribution >= 4 is 41.5 Å². The highest BCUT2D eigenvalue weighted by Gasteiger charge is 2.11. The number of nitrogens with one attached hydrogen (secondary N) is 2. The van der Waals surface area contributed by atoms with E-state index in [2.05, 4.69) is 20.8 Å². The van der Waals surface area contributed by atoms with Gasteiger partial charge in [0, 0.05) is 18.7 Å². The standard InChI is InChI=1S/C15H16Cl2N4O2.ClH/c1-9(18-2)8-19-15(22)11-6-7-13(21-20-11)23-12-5-3-4-10(16)14(12)17;/h3-7,9,18H,8H2,1-2H3,(H,19,22);1H. The van der Waals surface area contributed by atoms with Crippen LogP contribution in [0.4, 0.5) is 0 Å². The third kappa shape index (κ3) is 5.49. The molecule has 6 nitrogen and oxygen atoms in total. The molecule has 1 unspecified atom stereocenters. The molecule has 0 bridgehead atoms. The fourth-order valence-corrected chi connectivity index (χ4v) is 1.94. The minimum absolute atomic E-state index is 0. The van der Waals surface area contributed by atoms with Gasteiger partial charge in [-0.1, -0.05) is 29.3 Å². The summed E-state index contributed by atoms with van der Waals surface area (Å²) in [4.78, 5) is 11.9. The lowest BCUT2D eigenvalue weighted by atomic mass is 10.3. The van der Waals surface area contributed by atoms with Crippen molar-refractivity contribution in [2.45, 2.75) is 13.0 Å². The van der Waals surface area contributed by atoms with E-state index in [0.29, 0.717) is 22.3 Å². The molecule has 2 N–H and O–H groups in total. The van der Waals surface area contributed by atoms with Crippen molar-refractivity contribution in [3.05, 3.63) is 46.1 Å². The van der Waals surface area contributed by atoms with E-state index >= 15 is 0 Å². The van der Waals surface area contributed by atoms with Crippen LogP contribution < -0.4 is 15.4 Å². The molecule has 0 saturated heterocycles. The molecule has 1 aromatic heterocycles. The van der Waals surface area contributed by atoms with E-state index in [9.17, 15) is 4.79 Å². The number of ether oxygens (including phenoxy) is 1. The van der Waals surface area contributed by atoms with Crippen molar-refractivity contribution in [2.75, 3.05) is 13.6 Å². The molecule has 0 aliphatic heterocycles. The lowest BCUT2D eigenvalue weighted by Crippen LogP contribution is -2.37. The Bertz CT molecular complexity index is 683. The van der Waals surface area contributed by atoms with Crippen molar-refractivity contribution in [1.82, 2.24) is 20.8 Å². The largest absolute Gasteiger partial charge is 0.436 e. The van der Waals surface area contributed by atoms with Gasteiger partial charge in [-0.05, 0) is 32.2 Å². The summed E-state index contributed by atoms with van der Waals surface area (Å²) in [5, 5.41) is 14.2. The number of carbonyl (C=O) groups is 1. The first-order valence-corrected chi connectivity index (χ1v) is 7.68. The van der Waals surface area contributed by atoms with E-state index in [4.69, 9.17) is 27.9 Å². The van der Waals surface area contributed by atoms with Crippen molar-refractivity contribution in [1.29, 1.82) is 0 Å². The number of benzene rings is 1. The van der Waals surface area contributed by atoms with Gasteiger partial charge in [0.25, 0.3) is 5.91 Å². The molecule has 0 aliphatic rings.